The smallest absolute Gasteiger partial charge is 0.323 e. The Morgan fingerprint density at radius 3 is 2.29 bits per heavy atom. The largest absolute Gasteiger partial charge is 0.437 e. The molecule has 0 saturated heterocycles. The minimum atomic E-state index is -0.347. The molecule has 0 saturated carbocycles. The van der Waals surface area contributed by atoms with Gasteiger partial charge in [-0.2, -0.15) is 0 Å². The number of urea groups is 1. The predicted octanol–water partition coefficient (Wildman–Crippen LogP) is 5.72. The molecular weight excluding hydrogens is 376 g/mol. The summed E-state index contributed by atoms with van der Waals surface area (Å²) in [6.07, 6.45) is 0. The summed E-state index contributed by atoms with van der Waals surface area (Å²) in [5.74, 6) is 0.852. The Labute approximate surface area is 166 Å². The van der Waals surface area contributed by atoms with Crippen LogP contribution in [0, 0.1) is 0 Å². The summed E-state index contributed by atoms with van der Waals surface area (Å²) in [6.45, 7) is 0. The van der Waals surface area contributed by atoms with Crippen LogP contribution in [-0.4, -0.2) is 16.2 Å². The fraction of sp³-hybridized carbons (Fsp3) is 0. The van der Waals surface area contributed by atoms with E-state index in [0.717, 1.165) is 10.8 Å². The molecule has 2 N–H and O–H groups in total. The van der Waals surface area contributed by atoms with E-state index >= 15 is 0 Å². The van der Waals surface area contributed by atoms with Crippen LogP contribution in [0.15, 0.2) is 78.9 Å². The van der Waals surface area contributed by atoms with Crippen LogP contribution in [0.2, 0.25) is 5.15 Å². The Morgan fingerprint density at radius 2 is 1.46 bits per heavy atom. The third-order valence-corrected chi connectivity index (χ3v) is 4.23. The molecule has 0 fully saturated rings. The lowest BCUT2D eigenvalue weighted by Crippen LogP contribution is -2.19. The zero-order chi connectivity index (χ0) is 19.3. The summed E-state index contributed by atoms with van der Waals surface area (Å²) in [7, 11) is 0. The highest BCUT2D eigenvalue weighted by Crippen LogP contribution is 2.31. The lowest BCUT2D eigenvalue weighted by Gasteiger charge is -2.10. The number of fused-ring (bicyclic) bond motifs is 1. The van der Waals surface area contributed by atoms with E-state index in [1.54, 1.807) is 24.3 Å². The number of carbonyl (C=O) groups is 1. The van der Waals surface area contributed by atoms with Gasteiger partial charge in [-0.3, -0.25) is 0 Å². The average Bonchev–Trinajstić information content (AvgIpc) is 2.71. The van der Waals surface area contributed by atoms with Gasteiger partial charge in [0.25, 0.3) is 0 Å². The van der Waals surface area contributed by atoms with Crippen molar-refractivity contribution in [2.24, 2.45) is 0 Å². The van der Waals surface area contributed by atoms with Crippen molar-refractivity contribution in [1.29, 1.82) is 0 Å². The van der Waals surface area contributed by atoms with E-state index in [9.17, 15) is 4.79 Å². The van der Waals surface area contributed by atoms with E-state index in [-0.39, 0.29) is 6.03 Å². The molecule has 138 valence electrons. The van der Waals surface area contributed by atoms with Crippen LogP contribution in [0.5, 0.6) is 11.6 Å². The van der Waals surface area contributed by atoms with Crippen LogP contribution in [0.25, 0.3) is 10.8 Å². The molecule has 0 unspecified atom stereocenters. The molecular formula is C21H15ClN4O2. The molecule has 4 aromatic rings. The minimum absolute atomic E-state index is 0.316. The second-order valence-electron chi connectivity index (χ2n) is 5.92. The maximum Gasteiger partial charge on any atom is 0.323 e. The van der Waals surface area contributed by atoms with Gasteiger partial charge in [-0.15, -0.1) is 10.2 Å². The van der Waals surface area contributed by atoms with Crippen molar-refractivity contribution < 1.29 is 9.53 Å². The summed E-state index contributed by atoms with van der Waals surface area (Å²) < 4.78 is 5.88. The molecule has 7 heteroatoms. The number of hydrogen-bond acceptors (Lipinski definition) is 4. The van der Waals surface area contributed by atoms with Crippen molar-refractivity contribution in [2.75, 3.05) is 10.6 Å². The van der Waals surface area contributed by atoms with Crippen LogP contribution < -0.4 is 15.4 Å². The van der Waals surface area contributed by atoms with Gasteiger partial charge in [0.1, 0.15) is 5.75 Å². The molecule has 0 atom stereocenters. The number of para-hydroxylation sites is 1. The van der Waals surface area contributed by atoms with Gasteiger partial charge >= 0.3 is 6.03 Å². The van der Waals surface area contributed by atoms with Gasteiger partial charge in [0.2, 0.25) is 5.88 Å². The van der Waals surface area contributed by atoms with Crippen LogP contribution in [0.3, 0.4) is 0 Å². The lowest BCUT2D eigenvalue weighted by atomic mass is 10.2. The van der Waals surface area contributed by atoms with Crippen LogP contribution in [-0.2, 0) is 0 Å². The van der Waals surface area contributed by atoms with E-state index in [1.807, 2.05) is 54.6 Å². The molecule has 6 nitrogen and oxygen atoms in total. The minimum Gasteiger partial charge on any atom is -0.437 e. The number of carbonyl (C=O) groups excluding carboxylic acids is 1. The number of nitrogens with zero attached hydrogens (tertiary/aromatic N) is 2. The van der Waals surface area contributed by atoms with E-state index < -0.39 is 0 Å². The Kier molecular flexibility index (Phi) is 5.03. The Hall–Kier alpha value is -3.64. The third kappa shape index (κ3) is 4.02. The fourth-order valence-corrected chi connectivity index (χ4v) is 2.89. The Morgan fingerprint density at radius 1 is 0.786 bits per heavy atom. The standard InChI is InChI=1S/C21H15ClN4O2/c22-19-17-11-4-5-12-18(17)20(26-25-19)28-16-10-6-9-15(13-16)24-21(27)23-14-7-2-1-3-8-14/h1-13H,(H2,23,24,27). The zero-order valence-electron chi connectivity index (χ0n) is 14.6. The first-order valence-electron chi connectivity index (χ1n) is 8.51. The molecule has 0 aliphatic carbocycles. The number of nitrogens with one attached hydrogen (secondary N) is 2. The van der Waals surface area contributed by atoms with Crippen molar-refractivity contribution in [1.82, 2.24) is 10.2 Å². The van der Waals surface area contributed by atoms with Gasteiger partial charge in [0, 0.05) is 28.2 Å². The van der Waals surface area contributed by atoms with Crippen molar-refractivity contribution >= 4 is 39.8 Å². The highest BCUT2D eigenvalue weighted by molar-refractivity contribution is 6.34. The molecule has 0 bridgehead atoms. The van der Waals surface area contributed by atoms with E-state index in [2.05, 4.69) is 20.8 Å². The Bertz CT molecular complexity index is 1140. The van der Waals surface area contributed by atoms with Gasteiger partial charge in [-0.25, -0.2) is 4.79 Å². The van der Waals surface area contributed by atoms with Crippen molar-refractivity contribution in [3.05, 3.63) is 84.0 Å². The van der Waals surface area contributed by atoms with E-state index in [1.165, 1.54) is 0 Å². The highest BCUT2D eigenvalue weighted by atomic mass is 35.5. The molecule has 1 heterocycles. The van der Waals surface area contributed by atoms with Crippen molar-refractivity contribution in [2.45, 2.75) is 0 Å². The summed E-state index contributed by atoms with van der Waals surface area (Å²) in [6, 6.07) is 23.3. The molecule has 2 amide bonds. The number of halogens is 1. The number of ether oxygens (including phenoxy) is 1. The molecule has 4 rings (SSSR count). The number of benzene rings is 3. The highest BCUT2D eigenvalue weighted by Gasteiger charge is 2.10. The second kappa shape index (κ2) is 7.94. The van der Waals surface area contributed by atoms with Crippen molar-refractivity contribution in [3.63, 3.8) is 0 Å². The normalized spacial score (nSPS) is 10.5. The fourth-order valence-electron chi connectivity index (χ4n) is 2.69. The molecule has 3 aromatic carbocycles. The second-order valence-corrected chi connectivity index (χ2v) is 6.27. The van der Waals surface area contributed by atoms with Gasteiger partial charge in [0.05, 0.1) is 0 Å². The SMILES string of the molecule is O=C(Nc1ccccc1)Nc1cccc(Oc2nnc(Cl)c3ccccc23)c1. The first kappa shape index (κ1) is 17.8. The van der Waals surface area contributed by atoms with Crippen LogP contribution >= 0.6 is 11.6 Å². The monoisotopic (exact) mass is 390 g/mol. The van der Waals surface area contributed by atoms with Crippen LogP contribution in [0.1, 0.15) is 0 Å². The maximum atomic E-state index is 12.2. The van der Waals surface area contributed by atoms with Crippen molar-refractivity contribution in [3.8, 4) is 11.6 Å². The molecule has 0 radical (unpaired) electrons. The van der Waals surface area contributed by atoms with Gasteiger partial charge in [0.15, 0.2) is 5.15 Å². The van der Waals surface area contributed by atoms with Gasteiger partial charge in [-0.05, 0) is 30.3 Å². The molecule has 0 aliphatic rings. The first-order chi connectivity index (χ1) is 13.7. The quantitative estimate of drug-likeness (QED) is 0.467. The maximum absolute atomic E-state index is 12.2. The zero-order valence-corrected chi connectivity index (χ0v) is 15.4. The first-order valence-corrected chi connectivity index (χ1v) is 8.89. The van der Waals surface area contributed by atoms with Gasteiger partial charge in [-0.1, -0.05) is 54.1 Å². The molecule has 28 heavy (non-hydrogen) atoms. The Balaban J connectivity index is 1.52. The number of hydrogen-bond donors (Lipinski definition) is 2. The molecule has 1 aromatic heterocycles. The third-order valence-electron chi connectivity index (χ3n) is 3.95. The number of amides is 2. The van der Waals surface area contributed by atoms with E-state index in [0.29, 0.717) is 28.2 Å². The molecule has 0 spiro atoms. The topological polar surface area (TPSA) is 76.1 Å². The predicted molar refractivity (Wildman–Crippen MR) is 110 cm³/mol. The summed E-state index contributed by atoms with van der Waals surface area (Å²) in [4.78, 5) is 12.2. The lowest BCUT2D eigenvalue weighted by molar-refractivity contribution is 0.262. The summed E-state index contributed by atoms with van der Waals surface area (Å²) >= 11 is 6.10. The number of aromatic nitrogens is 2. The number of rotatable bonds is 4. The molecule has 0 aliphatic heterocycles. The van der Waals surface area contributed by atoms with Crippen LogP contribution in [0.4, 0.5) is 16.2 Å². The van der Waals surface area contributed by atoms with Gasteiger partial charge < -0.3 is 15.4 Å². The average molecular weight is 391 g/mol. The summed E-state index contributed by atoms with van der Waals surface area (Å²) in [5.41, 5.74) is 1.28. The van der Waals surface area contributed by atoms with E-state index in [4.69, 9.17) is 16.3 Å². The summed E-state index contributed by atoms with van der Waals surface area (Å²) in [5, 5.41) is 15.3. The number of anilines is 2.